The number of hydrogen-bond donors (Lipinski definition) is 1. The standard InChI is InChI=1S/C23H35NO8/c1-12-9-16-19(15(22(28)32-16)11-24-5-7-29-8-6-24)21(31-14(3)26)23(4)18(27)10-17(20(12)23)30-13(2)25/h12,15-21,27H,5-11H2,1-4H3/t12-,15-,16+,17+,18+,19-,20-,21+,23-/m1/s1. The summed E-state index contributed by atoms with van der Waals surface area (Å²) in [4.78, 5) is 39.2. The van der Waals surface area contributed by atoms with Crippen LogP contribution in [-0.4, -0.2) is 85.2 Å². The molecule has 9 nitrogen and oxygen atoms in total. The summed E-state index contributed by atoms with van der Waals surface area (Å²) in [5.41, 5.74) is -0.873. The molecule has 0 radical (unpaired) electrons. The van der Waals surface area contributed by atoms with Crippen molar-refractivity contribution in [2.24, 2.45) is 29.1 Å². The van der Waals surface area contributed by atoms with Gasteiger partial charge in [-0.1, -0.05) is 13.8 Å². The molecule has 180 valence electrons. The topological polar surface area (TPSA) is 112 Å². The van der Waals surface area contributed by atoms with Crippen LogP contribution in [0.5, 0.6) is 0 Å². The summed E-state index contributed by atoms with van der Waals surface area (Å²) in [6.07, 6.45) is -1.62. The SMILES string of the molecule is CC(=O)O[C@H]1C[C@H](O)[C@]2(C)[C@@H]1[C@H](C)C[C@@H]1OC(=O)[C@H](CN3CCOCC3)[C@H]1[C@@H]2OC(C)=O. The lowest BCUT2D eigenvalue weighted by Crippen LogP contribution is -2.53. The van der Waals surface area contributed by atoms with E-state index in [4.69, 9.17) is 18.9 Å². The van der Waals surface area contributed by atoms with Crippen LogP contribution >= 0.6 is 0 Å². The van der Waals surface area contributed by atoms with E-state index in [1.807, 2.05) is 13.8 Å². The molecule has 0 spiro atoms. The Morgan fingerprint density at radius 1 is 1.16 bits per heavy atom. The largest absolute Gasteiger partial charge is 0.462 e. The molecule has 0 amide bonds. The lowest BCUT2D eigenvalue weighted by atomic mass is 9.66. The van der Waals surface area contributed by atoms with Crippen molar-refractivity contribution in [2.45, 2.75) is 65.0 Å². The molecule has 4 fully saturated rings. The Morgan fingerprint density at radius 3 is 2.44 bits per heavy atom. The van der Waals surface area contributed by atoms with Crippen molar-refractivity contribution < 1.29 is 38.4 Å². The fourth-order valence-corrected chi connectivity index (χ4v) is 6.85. The third-order valence-electron chi connectivity index (χ3n) is 8.11. The smallest absolute Gasteiger partial charge is 0.311 e. The molecule has 1 N–H and O–H groups in total. The van der Waals surface area contributed by atoms with Gasteiger partial charge in [-0.2, -0.15) is 0 Å². The van der Waals surface area contributed by atoms with Crippen LogP contribution in [0, 0.1) is 29.1 Å². The average Bonchev–Trinajstić information content (AvgIpc) is 3.10. The van der Waals surface area contributed by atoms with Gasteiger partial charge in [-0.25, -0.2) is 0 Å². The maximum absolute atomic E-state index is 13.0. The monoisotopic (exact) mass is 453 g/mol. The summed E-state index contributed by atoms with van der Waals surface area (Å²) in [5.74, 6) is -2.22. The van der Waals surface area contributed by atoms with Gasteiger partial charge in [0.25, 0.3) is 0 Å². The van der Waals surface area contributed by atoms with Crippen LogP contribution in [-0.2, 0) is 33.3 Å². The molecule has 4 rings (SSSR count). The second-order valence-electron chi connectivity index (χ2n) is 10.1. The van der Waals surface area contributed by atoms with E-state index in [-0.39, 0.29) is 30.1 Å². The average molecular weight is 454 g/mol. The number of nitrogens with zero attached hydrogens (tertiary/aromatic N) is 1. The Morgan fingerprint density at radius 2 is 1.81 bits per heavy atom. The maximum atomic E-state index is 13.0. The number of ether oxygens (including phenoxy) is 4. The van der Waals surface area contributed by atoms with Crippen molar-refractivity contribution in [3.8, 4) is 0 Å². The highest BCUT2D eigenvalue weighted by Gasteiger charge is 2.67. The Balaban J connectivity index is 1.72. The molecule has 0 aromatic carbocycles. The Hall–Kier alpha value is -1.71. The van der Waals surface area contributed by atoms with E-state index in [1.54, 1.807) is 0 Å². The summed E-state index contributed by atoms with van der Waals surface area (Å²) in [6.45, 7) is 9.84. The molecular formula is C23H35NO8. The molecule has 32 heavy (non-hydrogen) atoms. The van der Waals surface area contributed by atoms with Crippen LogP contribution in [0.1, 0.15) is 40.5 Å². The normalized spacial score (nSPS) is 44.2. The van der Waals surface area contributed by atoms with E-state index < -0.39 is 47.7 Å². The zero-order valence-corrected chi connectivity index (χ0v) is 19.3. The van der Waals surface area contributed by atoms with Crippen LogP contribution in [0.3, 0.4) is 0 Å². The minimum Gasteiger partial charge on any atom is -0.462 e. The molecule has 9 heteroatoms. The molecule has 0 unspecified atom stereocenters. The van der Waals surface area contributed by atoms with Crippen molar-refractivity contribution >= 4 is 17.9 Å². The van der Waals surface area contributed by atoms with Gasteiger partial charge in [0.05, 0.1) is 25.2 Å². The lowest BCUT2D eigenvalue weighted by molar-refractivity contribution is -0.174. The summed E-state index contributed by atoms with van der Waals surface area (Å²) in [5, 5.41) is 11.3. The molecule has 0 aromatic heterocycles. The number of esters is 3. The number of fused-ring (bicyclic) bond motifs is 2. The number of rotatable bonds is 4. The molecule has 9 atom stereocenters. The molecule has 2 saturated heterocycles. The fraction of sp³-hybridized carbons (Fsp3) is 0.870. The number of hydrogen-bond acceptors (Lipinski definition) is 9. The van der Waals surface area contributed by atoms with Crippen LogP contribution in [0.4, 0.5) is 0 Å². The Kier molecular flexibility index (Phi) is 6.53. The van der Waals surface area contributed by atoms with Gasteiger partial charge in [0.1, 0.15) is 18.3 Å². The highest BCUT2D eigenvalue weighted by molar-refractivity contribution is 5.76. The first-order valence-electron chi connectivity index (χ1n) is 11.7. The van der Waals surface area contributed by atoms with Crippen LogP contribution in [0.15, 0.2) is 0 Å². The minimum atomic E-state index is -0.873. The maximum Gasteiger partial charge on any atom is 0.311 e. The van der Waals surface area contributed by atoms with Crippen molar-refractivity contribution in [1.82, 2.24) is 4.90 Å². The van der Waals surface area contributed by atoms with Crippen molar-refractivity contribution in [1.29, 1.82) is 0 Å². The zero-order valence-electron chi connectivity index (χ0n) is 19.3. The van der Waals surface area contributed by atoms with Gasteiger partial charge >= 0.3 is 17.9 Å². The van der Waals surface area contributed by atoms with Crippen molar-refractivity contribution in [3.05, 3.63) is 0 Å². The van der Waals surface area contributed by atoms with Crippen LogP contribution in [0.25, 0.3) is 0 Å². The summed E-state index contributed by atoms with van der Waals surface area (Å²) in [6, 6.07) is 0. The Labute approximate surface area is 188 Å². The third-order valence-corrected chi connectivity index (χ3v) is 8.11. The van der Waals surface area contributed by atoms with E-state index in [2.05, 4.69) is 4.90 Å². The first kappa shape index (κ1) is 23.4. The number of aliphatic hydroxyl groups excluding tert-OH is 1. The second kappa shape index (κ2) is 8.91. The molecule has 4 aliphatic rings. The van der Waals surface area contributed by atoms with Crippen LogP contribution in [0.2, 0.25) is 0 Å². The molecule has 0 aromatic rings. The molecular weight excluding hydrogens is 418 g/mol. The summed E-state index contributed by atoms with van der Waals surface area (Å²) < 4.78 is 22.8. The van der Waals surface area contributed by atoms with Crippen molar-refractivity contribution in [3.63, 3.8) is 0 Å². The van der Waals surface area contributed by atoms with Gasteiger partial charge in [0, 0.05) is 57.2 Å². The van der Waals surface area contributed by atoms with Gasteiger partial charge in [-0.15, -0.1) is 0 Å². The molecule has 2 aliphatic heterocycles. The van der Waals surface area contributed by atoms with Gasteiger partial charge < -0.3 is 24.1 Å². The molecule has 2 aliphatic carbocycles. The highest BCUT2D eigenvalue weighted by atomic mass is 16.6. The summed E-state index contributed by atoms with van der Waals surface area (Å²) in [7, 11) is 0. The van der Waals surface area contributed by atoms with E-state index in [0.29, 0.717) is 26.2 Å². The Bertz CT molecular complexity index is 752. The summed E-state index contributed by atoms with van der Waals surface area (Å²) >= 11 is 0. The minimum absolute atomic E-state index is 0.00973. The molecule has 0 bridgehead atoms. The quantitative estimate of drug-likeness (QED) is 0.487. The number of carbonyl (C=O) groups excluding carboxylic acids is 3. The number of aliphatic hydroxyl groups is 1. The third kappa shape index (κ3) is 4.03. The number of carbonyl (C=O) groups is 3. The first-order chi connectivity index (χ1) is 15.1. The van der Waals surface area contributed by atoms with E-state index in [1.165, 1.54) is 13.8 Å². The number of morpholine rings is 1. The van der Waals surface area contributed by atoms with Gasteiger partial charge in [0.15, 0.2) is 0 Å². The van der Waals surface area contributed by atoms with Gasteiger partial charge in [-0.05, 0) is 12.3 Å². The van der Waals surface area contributed by atoms with Gasteiger partial charge in [-0.3, -0.25) is 19.3 Å². The van der Waals surface area contributed by atoms with E-state index in [9.17, 15) is 19.5 Å². The zero-order chi connectivity index (χ0) is 23.2. The highest BCUT2D eigenvalue weighted by Crippen LogP contribution is 2.59. The fourth-order valence-electron chi connectivity index (χ4n) is 6.85. The van der Waals surface area contributed by atoms with Gasteiger partial charge in [0.2, 0.25) is 0 Å². The van der Waals surface area contributed by atoms with E-state index >= 15 is 0 Å². The molecule has 2 saturated carbocycles. The first-order valence-corrected chi connectivity index (χ1v) is 11.7. The van der Waals surface area contributed by atoms with E-state index in [0.717, 1.165) is 13.1 Å². The lowest BCUT2D eigenvalue weighted by Gasteiger charge is -2.44. The second-order valence-corrected chi connectivity index (χ2v) is 10.1. The predicted octanol–water partition coefficient (Wildman–Crippen LogP) is 0.767. The predicted molar refractivity (Wildman–Crippen MR) is 111 cm³/mol. The van der Waals surface area contributed by atoms with Crippen LogP contribution < -0.4 is 0 Å². The molecule has 2 heterocycles. The van der Waals surface area contributed by atoms with Crippen molar-refractivity contribution in [2.75, 3.05) is 32.8 Å².